The van der Waals surface area contributed by atoms with Gasteiger partial charge in [-0.25, -0.2) is 13.1 Å². The molecule has 0 atom stereocenters. The van der Waals surface area contributed by atoms with Crippen molar-refractivity contribution < 1.29 is 13.2 Å². The number of anilines is 1. The van der Waals surface area contributed by atoms with Crippen molar-refractivity contribution in [1.29, 1.82) is 0 Å². The summed E-state index contributed by atoms with van der Waals surface area (Å²) in [7, 11) is -3.31. The maximum atomic E-state index is 11.2. The van der Waals surface area contributed by atoms with E-state index in [2.05, 4.69) is 15.0 Å². The molecule has 1 heterocycles. The number of rotatable bonds is 6. The Labute approximate surface area is 112 Å². The van der Waals surface area contributed by atoms with E-state index >= 15 is 0 Å². The van der Waals surface area contributed by atoms with E-state index in [1.165, 1.54) is 12.4 Å². The highest BCUT2D eigenvalue weighted by atomic mass is 32.2. The maximum absolute atomic E-state index is 11.2. The first-order valence-electron chi connectivity index (χ1n) is 5.57. The number of nitrogens with zero attached hydrogens (tertiary/aromatic N) is 1. The van der Waals surface area contributed by atoms with Crippen LogP contribution >= 0.6 is 0 Å². The zero-order chi connectivity index (χ0) is 14.7. The Hall–Kier alpha value is -1.67. The number of hydrogen-bond acceptors (Lipinski definition) is 5. The van der Waals surface area contributed by atoms with Crippen LogP contribution in [-0.2, 0) is 10.0 Å². The quantitative estimate of drug-likeness (QED) is 0.676. The number of hydrogen-bond donors (Lipinski definition) is 3. The Morgan fingerprint density at radius 2 is 2.11 bits per heavy atom. The van der Waals surface area contributed by atoms with Crippen LogP contribution in [0.4, 0.5) is 5.69 Å². The first-order chi connectivity index (χ1) is 8.61. The van der Waals surface area contributed by atoms with Gasteiger partial charge in [0.2, 0.25) is 10.0 Å². The van der Waals surface area contributed by atoms with Crippen molar-refractivity contribution in [2.45, 2.75) is 19.4 Å². The third-order valence-corrected chi connectivity index (χ3v) is 3.19. The molecule has 0 aromatic carbocycles. The SMILES string of the molecule is CC(C)(CNc1ccncc1C(N)=O)NS(C)(=O)=O. The van der Waals surface area contributed by atoms with Gasteiger partial charge >= 0.3 is 0 Å². The number of nitrogens with two attached hydrogens (primary N) is 1. The molecule has 0 aliphatic carbocycles. The third kappa shape index (κ3) is 5.23. The fourth-order valence-electron chi connectivity index (χ4n) is 1.60. The van der Waals surface area contributed by atoms with E-state index < -0.39 is 21.5 Å². The van der Waals surface area contributed by atoms with Crippen molar-refractivity contribution in [3.63, 3.8) is 0 Å². The Balaban J connectivity index is 2.80. The molecule has 0 unspecified atom stereocenters. The van der Waals surface area contributed by atoms with E-state index in [1.807, 2.05) is 0 Å². The summed E-state index contributed by atoms with van der Waals surface area (Å²) in [5.74, 6) is -0.593. The average Bonchev–Trinajstić information content (AvgIpc) is 2.23. The van der Waals surface area contributed by atoms with E-state index in [9.17, 15) is 13.2 Å². The first kappa shape index (κ1) is 15.4. The second-order valence-corrected chi connectivity index (χ2v) is 6.65. The smallest absolute Gasteiger partial charge is 0.252 e. The van der Waals surface area contributed by atoms with Gasteiger partial charge in [-0.1, -0.05) is 0 Å². The van der Waals surface area contributed by atoms with Crippen molar-refractivity contribution >= 4 is 21.6 Å². The summed E-state index contributed by atoms with van der Waals surface area (Å²) in [5, 5.41) is 2.99. The van der Waals surface area contributed by atoms with Gasteiger partial charge in [0.15, 0.2) is 0 Å². The van der Waals surface area contributed by atoms with Crippen molar-refractivity contribution in [3.8, 4) is 0 Å². The lowest BCUT2D eigenvalue weighted by molar-refractivity contribution is 0.100. The molecule has 0 spiro atoms. The van der Waals surface area contributed by atoms with Gasteiger partial charge < -0.3 is 11.1 Å². The van der Waals surface area contributed by atoms with Crippen LogP contribution in [0.2, 0.25) is 0 Å². The molecule has 0 saturated heterocycles. The zero-order valence-corrected chi connectivity index (χ0v) is 11.9. The summed E-state index contributed by atoms with van der Waals surface area (Å²) in [4.78, 5) is 15.0. The fraction of sp³-hybridized carbons (Fsp3) is 0.455. The van der Waals surface area contributed by atoms with E-state index in [0.717, 1.165) is 6.26 Å². The molecular weight excluding hydrogens is 268 g/mol. The van der Waals surface area contributed by atoms with Gasteiger partial charge in [0.1, 0.15) is 0 Å². The molecule has 1 aromatic rings. The van der Waals surface area contributed by atoms with Crippen molar-refractivity contribution in [1.82, 2.24) is 9.71 Å². The van der Waals surface area contributed by atoms with E-state index in [4.69, 9.17) is 5.73 Å². The van der Waals surface area contributed by atoms with Gasteiger partial charge in [-0.15, -0.1) is 0 Å². The molecule has 8 heteroatoms. The number of carbonyl (C=O) groups is 1. The Kier molecular flexibility index (Phi) is 4.48. The van der Waals surface area contributed by atoms with Crippen molar-refractivity contribution in [2.75, 3.05) is 18.1 Å². The second kappa shape index (κ2) is 5.54. The van der Waals surface area contributed by atoms with E-state index in [1.54, 1.807) is 19.9 Å². The number of primary amides is 1. The molecule has 0 bridgehead atoms. The topological polar surface area (TPSA) is 114 Å². The summed E-state index contributed by atoms with van der Waals surface area (Å²) in [6.45, 7) is 3.75. The van der Waals surface area contributed by atoms with Gasteiger partial charge in [0.25, 0.3) is 5.91 Å². The molecule has 0 aliphatic rings. The minimum Gasteiger partial charge on any atom is -0.382 e. The van der Waals surface area contributed by atoms with Crippen LogP contribution in [0.3, 0.4) is 0 Å². The molecule has 0 aliphatic heterocycles. The molecule has 1 aromatic heterocycles. The lowest BCUT2D eigenvalue weighted by Gasteiger charge is -2.26. The third-order valence-electron chi connectivity index (χ3n) is 2.27. The highest BCUT2D eigenvalue weighted by Gasteiger charge is 2.22. The van der Waals surface area contributed by atoms with Gasteiger partial charge in [-0.2, -0.15) is 0 Å². The summed E-state index contributed by atoms with van der Waals surface area (Å²) < 4.78 is 24.9. The highest BCUT2D eigenvalue weighted by molar-refractivity contribution is 7.88. The summed E-state index contributed by atoms with van der Waals surface area (Å²) in [5.41, 5.74) is 5.30. The molecule has 106 valence electrons. The number of aromatic nitrogens is 1. The highest BCUT2D eigenvalue weighted by Crippen LogP contribution is 2.14. The van der Waals surface area contributed by atoms with Crippen LogP contribution < -0.4 is 15.8 Å². The summed E-state index contributed by atoms with van der Waals surface area (Å²) in [6, 6.07) is 1.61. The Bertz CT molecular complexity index is 569. The average molecular weight is 286 g/mol. The Morgan fingerprint density at radius 3 is 2.63 bits per heavy atom. The number of sulfonamides is 1. The minimum absolute atomic E-state index is 0.262. The zero-order valence-electron chi connectivity index (χ0n) is 11.1. The number of carbonyl (C=O) groups excluding carboxylic acids is 1. The van der Waals surface area contributed by atoms with Gasteiger partial charge in [-0.3, -0.25) is 9.78 Å². The minimum atomic E-state index is -3.31. The van der Waals surface area contributed by atoms with E-state index in [0.29, 0.717) is 12.2 Å². The molecule has 0 radical (unpaired) electrons. The van der Waals surface area contributed by atoms with Gasteiger partial charge in [-0.05, 0) is 19.9 Å². The predicted octanol–water partition coefficient (Wildman–Crippen LogP) is -0.0798. The van der Waals surface area contributed by atoms with Crippen molar-refractivity contribution in [3.05, 3.63) is 24.0 Å². The molecule has 7 nitrogen and oxygen atoms in total. The van der Waals surface area contributed by atoms with Crippen LogP contribution in [0, 0.1) is 0 Å². The molecule has 4 N–H and O–H groups in total. The lowest BCUT2D eigenvalue weighted by Crippen LogP contribution is -2.47. The molecule has 1 rings (SSSR count). The normalized spacial score (nSPS) is 12.2. The first-order valence-corrected chi connectivity index (χ1v) is 7.46. The summed E-state index contributed by atoms with van der Waals surface area (Å²) in [6.07, 6.45) is 3.98. The predicted molar refractivity (Wildman–Crippen MR) is 73.3 cm³/mol. The second-order valence-electron chi connectivity index (χ2n) is 4.90. The lowest BCUT2D eigenvalue weighted by atomic mass is 10.1. The molecule has 1 amide bonds. The van der Waals surface area contributed by atoms with E-state index in [-0.39, 0.29) is 5.56 Å². The van der Waals surface area contributed by atoms with Crippen molar-refractivity contribution in [2.24, 2.45) is 5.73 Å². The van der Waals surface area contributed by atoms with Crippen LogP contribution in [0.5, 0.6) is 0 Å². The van der Waals surface area contributed by atoms with Crippen LogP contribution in [0.1, 0.15) is 24.2 Å². The van der Waals surface area contributed by atoms with Crippen LogP contribution in [-0.4, -0.2) is 37.6 Å². The molecular formula is C11H18N4O3S. The molecule has 19 heavy (non-hydrogen) atoms. The number of amides is 1. The molecule has 0 fully saturated rings. The number of nitrogens with one attached hydrogen (secondary N) is 2. The fourth-order valence-corrected chi connectivity index (χ4v) is 2.68. The molecule has 0 saturated carbocycles. The van der Waals surface area contributed by atoms with Crippen LogP contribution in [0.15, 0.2) is 18.5 Å². The largest absolute Gasteiger partial charge is 0.382 e. The Morgan fingerprint density at radius 1 is 1.47 bits per heavy atom. The standard InChI is InChI=1S/C11H18N4O3S/c1-11(2,15-19(3,17)18)7-14-9-4-5-13-6-8(9)10(12)16/h4-6,15H,7H2,1-3H3,(H2,12,16)(H,13,14). The maximum Gasteiger partial charge on any atom is 0.252 e. The monoisotopic (exact) mass is 286 g/mol. The van der Waals surface area contributed by atoms with Gasteiger partial charge in [0, 0.05) is 24.5 Å². The van der Waals surface area contributed by atoms with Crippen LogP contribution in [0.25, 0.3) is 0 Å². The van der Waals surface area contributed by atoms with Gasteiger partial charge in [0.05, 0.1) is 17.5 Å². The number of pyridine rings is 1. The summed E-state index contributed by atoms with van der Waals surface area (Å²) >= 11 is 0.